The minimum absolute atomic E-state index is 0.0533. The Balaban J connectivity index is 2.02. The van der Waals surface area contributed by atoms with Crippen LogP contribution in [0.4, 0.5) is 23.7 Å². The van der Waals surface area contributed by atoms with Crippen molar-refractivity contribution >= 4 is 11.7 Å². The molecule has 9 heteroatoms. The summed E-state index contributed by atoms with van der Waals surface area (Å²) in [4.78, 5) is 13.1. The van der Waals surface area contributed by atoms with E-state index in [1.54, 1.807) is 24.9 Å². The summed E-state index contributed by atoms with van der Waals surface area (Å²) in [6.07, 6.45) is -0.958. The fourth-order valence-electron chi connectivity index (χ4n) is 2.63. The van der Waals surface area contributed by atoms with Crippen molar-refractivity contribution in [2.24, 2.45) is 5.92 Å². The average molecular weight is 334 g/mol. The molecule has 1 aliphatic heterocycles. The number of halogens is 3. The van der Waals surface area contributed by atoms with Crippen LogP contribution in [0.15, 0.2) is 12.4 Å². The number of nitrogens with zero attached hydrogens (tertiary/aromatic N) is 3. The number of ether oxygens (including phenoxy) is 1. The molecule has 2 heterocycles. The zero-order chi connectivity index (χ0) is 17.0. The number of aromatic nitrogens is 2. The fourth-order valence-corrected chi connectivity index (χ4v) is 2.63. The summed E-state index contributed by atoms with van der Waals surface area (Å²) in [6.45, 7) is 2.82. The van der Waals surface area contributed by atoms with Gasteiger partial charge < -0.3 is 15.0 Å². The lowest BCUT2D eigenvalue weighted by Gasteiger charge is -2.39. The summed E-state index contributed by atoms with van der Waals surface area (Å²) < 4.78 is 45.9. The van der Waals surface area contributed by atoms with Crippen LogP contribution in [-0.2, 0) is 11.3 Å². The third kappa shape index (κ3) is 4.60. The third-order valence-electron chi connectivity index (χ3n) is 3.91. The van der Waals surface area contributed by atoms with Crippen LogP contribution >= 0.6 is 0 Å². The maximum Gasteiger partial charge on any atom is 0.408 e. The maximum absolute atomic E-state index is 13.2. The minimum atomic E-state index is -4.42. The van der Waals surface area contributed by atoms with Gasteiger partial charge in [-0.25, -0.2) is 4.79 Å². The van der Waals surface area contributed by atoms with E-state index >= 15 is 0 Å². The van der Waals surface area contributed by atoms with Crippen molar-refractivity contribution in [1.82, 2.24) is 14.7 Å². The van der Waals surface area contributed by atoms with Gasteiger partial charge in [-0.15, -0.1) is 0 Å². The highest BCUT2D eigenvalue weighted by atomic mass is 19.4. The van der Waals surface area contributed by atoms with Crippen molar-refractivity contribution in [1.29, 1.82) is 0 Å². The van der Waals surface area contributed by atoms with E-state index in [0.717, 1.165) is 4.90 Å². The number of amides is 2. The molecule has 1 saturated heterocycles. The fraction of sp³-hybridized carbons (Fsp3) is 0.714. The Hall–Kier alpha value is -1.77. The quantitative estimate of drug-likeness (QED) is 0.921. The number of piperidine rings is 1. The Morgan fingerprint density at radius 1 is 1.52 bits per heavy atom. The van der Waals surface area contributed by atoms with Crippen LogP contribution in [0.3, 0.4) is 0 Å². The molecule has 0 radical (unpaired) electrons. The second-order valence-electron chi connectivity index (χ2n) is 5.80. The van der Waals surface area contributed by atoms with Gasteiger partial charge in [0.2, 0.25) is 0 Å². The molecule has 0 aromatic carbocycles. The first-order valence-corrected chi connectivity index (χ1v) is 7.47. The predicted molar refractivity (Wildman–Crippen MR) is 78.1 cm³/mol. The average Bonchev–Trinajstić information content (AvgIpc) is 2.91. The van der Waals surface area contributed by atoms with Crippen molar-refractivity contribution in [3.63, 3.8) is 0 Å². The lowest BCUT2D eigenvalue weighted by atomic mass is 9.92. The first-order chi connectivity index (χ1) is 10.8. The molecule has 1 aliphatic rings. The molecular formula is C14H21F3N4O2. The number of carbonyl (C=O) groups is 1. The van der Waals surface area contributed by atoms with Crippen molar-refractivity contribution in [2.75, 3.05) is 25.6 Å². The smallest absolute Gasteiger partial charge is 0.383 e. The van der Waals surface area contributed by atoms with E-state index in [0.29, 0.717) is 25.3 Å². The molecule has 2 atom stereocenters. The highest BCUT2D eigenvalue weighted by Crippen LogP contribution is 2.34. The molecule has 6 nitrogen and oxygen atoms in total. The summed E-state index contributed by atoms with van der Waals surface area (Å²) in [5.41, 5.74) is 0.366. The molecule has 1 aromatic rings. The van der Waals surface area contributed by atoms with Gasteiger partial charge in [0.1, 0.15) is 6.04 Å². The molecule has 0 bridgehead atoms. The molecule has 0 saturated carbocycles. The Morgan fingerprint density at radius 3 is 2.91 bits per heavy atom. The van der Waals surface area contributed by atoms with Crippen LogP contribution in [-0.4, -0.2) is 53.2 Å². The number of likely N-dealkylation sites (tertiary alicyclic amines) is 1. The van der Waals surface area contributed by atoms with Crippen LogP contribution in [0.5, 0.6) is 0 Å². The van der Waals surface area contributed by atoms with Crippen molar-refractivity contribution in [3.05, 3.63) is 12.4 Å². The molecule has 1 N–H and O–H groups in total. The second-order valence-corrected chi connectivity index (χ2v) is 5.80. The Kier molecular flexibility index (Phi) is 5.51. The summed E-state index contributed by atoms with van der Waals surface area (Å²) in [7, 11) is 1.56. The van der Waals surface area contributed by atoms with Gasteiger partial charge in [0.25, 0.3) is 0 Å². The Labute approximate surface area is 132 Å². The normalized spacial score (nSPS) is 22.2. The van der Waals surface area contributed by atoms with Crippen LogP contribution in [0.2, 0.25) is 0 Å². The summed E-state index contributed by atoms with van der Waals surface area (Å²) in [5.74, 6) is -0.0533. The molecular weight excluding hydrogens is 313 g/mol. The first-order valence-electron chi connectivity index (χ1n) is 7.47. The lowest BCUT2D eigenvalue weighted by Crippen LogP contribution is -2.54. The van der Waals surface area contributed by atoms with E-state index in [9.17, 15) is 18.0 Å². The van der Waals surface area contributed by atoms with Crippen molar-refractivity contribution in [2.45, 2.75) is 38.5 Å². The number of hydrogen-bond donors (Lipinski definition) is 1. The zero-order valence-corrected chi connectivity index (χ0v) is 13.1. The van der Waals surface area contributed by atoms with E-state index in [-0.39, 0.29) is 18.9 Å². The topological polar surface area (TPSA) is 59.4 Å². The van der Waals surface area contributed by atoms with E-state index in [1.807, 2.05) is 0 Å². The summed E-state index contributed by atoms with van der Waals surface area (Å²) >= 11 is 0. The van der Waals surface area contributed by atoms with Gasteiger partial charge in [-0.3, -0.25) is 4.68 Å². The number of carbonyl (C=O) groups excluding carboxylic acids is 1. The summed E-state index contributed by atoms with van der Waals surface area (Å²) in [5, 5.41) is 6.50. The SMILES string of the molecule is COCCn1cc(NC(=O)N2CC[C@@H](C)C[C@H]2C(F)(F)F)cn1. The molecule has 130 valence electrons. The van der Waals surface area contributed by atoms with Gasteiger partial charge in [-0.1, -0.05) is 6.92 Å². The van der Waals surface area contributed by atoms with E-state index in [2.05, 4.69) is 10.4 Å². The standard InChI is InChI=1S/C14H21F3N4O2/c1-10-3-4-21(12(7-10)14(15,16)17)13(22)19-11-8-18-20(9-11)5-6-23-2/h8-10,12H,3-7H2,1-2H3,(H,19,22)/t10-,12+/m1/s1. The lowest BCUT2D eigenvalue weighted by molar-refractivity contribution is -0.185. The molecule has 23 heavy (non-hydrogen) atoms. The number of rotatable bonds is 4. The number of methoxy groups -OCH3 is 1. The van der Waals surface area contributed by atoms with Gasteiger partial charge in [0.05, 0.1) is 25.0 Å². The Bertz CT molecular complexity index is 532. The van der Waals surface area contributed by atoms with Crippen LogP contribution in [0.1, 0.15) is 19.8 Å². The van der Waals surface area contributed by atoms with E-state index in [4.69, 9.17) is 4.74 Å². The molecule has 1 aromatic heterocycles. The van der Waals surface area contributed by atoms with Gasteiger partial charge in [0, 0.05) is 19.9 Å². The number of hydrogen-bond acceptors (Lipinski definition) is 3. The number of anilines is 1. The summed E-state index contributed by atoms with van der Waals surface area (Å²) in [6, 6.07) is -2.49. The highest BCUT2D eigenvalue weighted by molar-refractivity contribution is 5.89. The van der Waals surface area contributed by atoms with Crippen LogP contribution in [0, 0.1) is 5.92 Å². The first kappa shape index (κ1) is 17.6. The van der Waals surface area contributed by atoms with E-state index < -0.39 is 18.2 Å². The monoisotopic (exact) mass is 334 g/mol. The molecule has 0 unspecified atom stereocenters. The second kappa shape index (κ2) is 7.20. The largest absolute Gasteiger partial charge is 0.408 e. The maximum atomic E-state index is 13.2. The number of nitrogens with one attached hydrogen (secondary N) is 1. The number of urea groups is 1. The van der Waals surface area contributed by atoms with E-state index in [1.165, 1.54) is 6.20 Å². The highest BCUT2D eigenvalue weighted by Gasteiger charge is 2.47. The molecule has 0 spiro atoms. The zero-order valence-electron chi connectivity index (χ0n) is 13.1. The predicted octanol–water partition coefficient (Wildman–Crippen LogP) is 2.72. The van der Waals surface area contributed by atoms with Gasteiger partial charge in [-0.05, 0) is 18.8 Å². The molecule has 2 amide bonds. The molecule has 2 rings (SSSR count). The van der Waals surface area contributed by atoms with Gasteiger partial charge in [0.15, 0.2) is 0 Å². The Morgan fingerprint density at radius 2 is 2.26 bits per heavy atom. The van der Waals surface area contributed by atoms with Gasteiger partial charge >= 0.3 is 12.2 Å². The molecule has 1 fully saturated rings. The van der Waals surface area contributed by atoms with Gasteiger partial charge in [-0.2, -0.15) is 18.3 Å². The van der Waals surface area contributed by atoms with Crippen LogP contribution in [0.25, 0.3) is 0 Å². The third-order valence-corrected chi connectivity index (χ3v) is 3.91. The minimum Gasteiger partial charge on any atom is -0.383 e. The van der Waals surface area contributed by atoms with Crippen molar-refractivity contribution < 1.29 is 22.7 Å². The molecule has 0 aliphatic carbocycles. The number of alkyl halides is 3. The van der Waals surface area contributed by atoms with Crippen molar-refractivity contribution in [3.8, 4) is 0 Å². The van der Waals surface area contributed by atoms with Crippen LogP contribution < -0.4 is 5.32 Å².